The summed E-state index contributed by atoms with van der Waals surface area (Å²) in [5, 5.41) is 17.1. The summed E-state index contributed by atoms with van der Waals surface area (Å²) >= 11 is 7.32. The Hall–Kier alpha value is -3.93. The molecule has 3 aromatic rings. The molecule has 0 aliphatic carbocycles. The number of anilines is 1. The molecule has 0 fully saturated rings. The maximum Gasteiger partial charge on any atom is 0.337 e. The standard InChI is InChI=1S/C28H24ClN3O4S/c1-17-10-11-20(13-22(17)29)32-24(33)16-37-27-21(14-30)26(23-9-6-12-35-23)25(18(2)31-27)28(34)36-15-19-7-4-3-5-8-19/h3-13,26,31H,15-16H2,1-2H3,(H,32,33)/t26-/m1/s1. The third kappa shape index (κ3) is 6.26. The molecule has 188 valence electrons. The Balaban J connectivity index is 1.53. The summed E-state index contributed by atoms with van der Waals surface area (Å²) in [5.74, 6) is -1.13. The Morgan fingerprint density at radius 1 is 1.16 bits per heavy atom. The van der Waals surface area contributed by atoms with Crippen LogP contribution in [-0.4, -0.2) is 17.6 Å². The minimum Gasteiger partial charge on any atom is -0.468 e. The number of hydrogen-bond donors (Lipinski definition) is 2. The molecular weight excluding hydrogens is 510 g/mol. The minimum atomic E-state index is -0.772. The molecule has 2 N–H and O–H groups in total. The molecule has 0 saturated carbocycles. The van der Waals surface area contributed by atoms with Gasteiger partial charge in [0.1, 0.15) is 12.4 Å². The molecule has 1 aromatic heterocycles. The number of halogens is 1. The predicted molar refractivity (Wildman–Crippen MR) is 143 cm³/mol. The van der Waals surface area contributed by atoms with E-state index in [1.165, 1.54) is 18.0 Å². The third-order valence-corrected chi connectivity index (χ3v) is 7.14. The van der Waals surface area contributed by atoms with Gasteiger partial charge in [0, 0.05) is 16.4 Å². The smallest absolute Gasteiger partial charge is 0.337 e. The molecule has 1 amide bonds. The van der Waals surface area contributed by atoms with E-state index in [0.29, 0.717) is 27.2 Å². The molecule has 1 aliphatic heterocycles. The van der Waals surface area contributed by atoms with Crippen molar-refractivity contribution in [3.63, 3.8) is 0 Å². The van der Waals surface area contributed by atoms with E-state index in [1.54, 1.807) is 31.2 Å². The summed E-state index contributed by atoms with van der Waals surface area (Å²) in [6.07, 6.45) is 1.49. The van der Waals surface area contributed by atoms with E-state index >= 15 is 0 Å². The Labute approximate surface area is 224 Å². The topological polar surface area (TPSA) is 104 Å². The van der Waals surface area contributed by atoms with Crippen LogP contribution < -0.4 is 10.6 Å². The number of nitrogens with zero attached hydrogens (tertiary/aromatic N) is 1. The van der Waals surface area contributed by atoms with Crippen molar-refractivity contribution in [3.05, 3.63) is 111 Å². The number of carbonyl (C=O) groups is 2. The molecule has 1 atom stereocenters. The first-order valence-electron chi connectivity index (χ1n) is 11.4. The number of furan rings is 1. The highest BCUT2D eigenvalue weighted by Gasteiger charge is 2.37. The monoisotopic (exact) mass is 533 g/mol. The van der Waals surface area contributed by atoms with Crippen LogP contribution in [0.2, 0.25) is 5.02 Å². The van der Waals surface area contributed by atoms with Crippen molar-refractivity contribution in [3.8, 4) is 6.07 Å². The van der Waals surface area contributed by atoms with Crippen molar-refractivity contribution < 1.29 is 18.7 Å². The molecule has 7 nitrogen and oxygen atoms in total. The summed E-state index contributed by atoms with van der Waals surface area (Å²) in [5.41, 5.74) is 3.41. The molecule has 37 heavy (non-hydrogen) atoms. The fourth-order valence-corrected chi connectivity index (χ4v) is 4.92. The predicted octanol–water partition coefficient (Wildman–Crippen LogP) is 6.05. The van der Waals surface area contributed by atoms with Crippen molar-refractivity contribution in [1.82, 2.24) is 5.32 Å². The van der Waals surface area contributed by atoms with Crippen molar-refractivity contribution in [2.45, 2.75) is 26.4 Å². The van der Waals surface area contributed by atoms with Gasteiger partial charge in [-0.3, -0.25) is 4.79 Å². The first kappa shape index (κ1) is 26.1. The van der Waals surface area contributed by atoms with Gasteiger partial charge in [-0.2, -0.15) is 5.26 Å². The highest BCUT2D eigenvalue weighted by molar-refractivity contribution is 8.03. The second kappa shape index (κ2) is 11.9. The van der Waals surface area contributed by atoms with Crippen LogP contribution in [0.3, 0.4) is 0 Å². The van der Waals surface area contributed by atoms with Crippen LogP contribution in [0.25, 0.3) is 0 Å². The molecule has 4 rings (SSSR count). The van der Waals surface area contributed by atoms with Gasteiger partial charge < -0.3 is 19.8 Å². The highest BCUT2D eigenvalue weighted by Crippen LogP contribution is 2.41. The number of dihydropyridines is 1. The first-order chi connectivity index (χ1) is 17.9. The average Bonchev–Trinajstić information content (AvgIpc) is 3.43. The molecular formula is C28H24ClN3O4S. The maximum atomic E-state index is 13.2. The number of aryl methyl sites for hydroxylation is 1. The molecule has 0 unspecified atom stereocenters. The Bertz CT molecular complexity index is 1410. The van der Waals surface area contributed by atoms with Gasteiger partial charge in [-0.05, 0) is 49.2 Å². The minimum absolute atomic E-state index is 0.0327. The van der Waals surface area contributed by atoms with Crippen LogP contribution in [-0.2, 0) is 20.9 Å². The second-order valence-corrected chi connectivity index (χ2v) is 9.72. The average molecular weight is 534 g/mol. The van der Waals surface area contributed by atoms with E-state index in [4.69, 9.17) is 20.8 Å². The Morgan fingerprint density at radius 3 is 2.62 bits per heavy atom. The zero-order valence-corrected chi connectivity index (χ0v) is 21.8. The van der Waals surface area contributed by atoms with Crippen molar-refractivity contribution in [2.24, 2.45) is 0 Å². The van der Waals surface area contributed by atoms with Gasteiger partial charge in [0.25, 0.3) is 0 Å². The van der Waals surface area contributed by atoms with E-state index in [0.717, 1.165) is 11.1 Å². The lowest BCUT2D eigenvalue weighted by molar-refractivity contribution is -0.140. The number of amides is 1. The number of nitrogens with one attached hydrogen (secondary N) is 2. The number of nitriles is 1. The van der Waals surface area contributed by atoms with Crippen molar-refractivity contribution in [2.75, 3.05) is 11.1 Å². The van der Waals surface area contributed by atoms with Crippen LogP contribution >= 0.6 is 23.4 Å². The lowest BCUT2D eigenvalue weighted by atomic mass is 9.86. The summed E-state index contributed by atoms with van der Waals surface area (Å²) in [7, 11) is 0. The number of rotatable bonds is 8. The lowest BCUT2D eigenvalue weighted by Crippen LogP contribution is -2.29. The molecule has 2 heterocycles. The summed E-state index contributed by atoms with van der Waals surface area (Å²) in [6, 6.07) is 20.2. The third-order valence-electron chi connectivity index (χ3n) is 5.71. The van der Waals surface area contributed by atoms with Crippen LogP contribution in [0, 0.1) is 18.3 Å². The van der Waals surface area contributed by atoms with E-state index in [9.17, 15) is 14.9 Å². The van der Waals surface area contributed by atoms with Gasteiger partial charge in [0.2, 0.25) is 5.91 Å². The van der Waals surface area contributed by atoms with E-state index in [-0.39, 0.29) is 29.4 Å². The Kier molecular flexibility index (Phi) is 8.39. The van der Waals surface area contributed by atoms with Gasteiger partial charge in [-0.25, -0.2) is 4.79 Å². The van der Waals surface area contributed by atoms with Crippen LogP contribution in [0.5, 0.6) is 0 Å². The van der Waals surface area contributed by atoms with Gasteiger partial charge >= 0.3 is 5.97 Å². The van der Waals surface area contributed by atoms with Gasteiger partial charge in [-0.15, -0.1) is 0 Å². The number of hydrogen-bond acceptors (Lipinski definition) is 7. The second-order valence-electron chi connectivity index (χ2n) is 8.33. The molecule has 0 spiro atoms. The van der Waals surface area contributed by atoms with Crippen molar-refractivity contribution in [1.29, 1.82) is 5.26 Å². The van der Waals surface area contributed by atoms with E-state index in [1.807, 2.05) is 43.3 Å². The molecule has 0 radical (unpaired) electrons. The van der Waals surface area contributed by atoms with Gasteiger partial charge in [-0.1, -0.05) is 59.8 Å². The SMILES string of the molecule is CC1=C(C(=O)OCc2ccccc2)[C@@H](c2ccco2)C(C#N)=C(SCC(=O)Nc2ccc(C)c(Cl)c2)N1. The van der Waals surface area contributed by atoms with E-state index in [2.05, 4.69) is 16.7 Å². The normalized spacial score (nSPS) is 15.1. The summed E-state index contributed by atoms with van der Waals surface area (Å²) in [4.78, 5) is 25.8. The quantitative estimate of drug-likeness (QED) is 0.339. The van der Waals surface area contributed by atoms with Crippen molar-refractivity contribution >= 4 is 40.9 Å². The number of thioether (sulfide) groups is 1. The molecule has 2 aromatic carbocycles. The Morgan fingerprint density at radius 2 is 1.95 bits per heavy atom. The number of benzene rings is 2. The first-order valence-corrected chi connectivity index (χ1v) is 12.8. The number of ether oxygens (including phenoxy) is 1. The fourth-order valence-electron chi connectivity index (χ4n) is 3.84. The van der Waals surface area contributed by atoms with Crippen LogP contribution in [0.4, 0.5) is 5.69 Å². The maximum absolute atomic E-state index is 13.2. The number of carbonyl (C=O) groups excluding carboxylic acids is 2. The number of esters is 1. The largest absolute Gasteiger partial charge is 0.468 e. The number of allylic oxidation sites excluding steroid dienone is 2. The highest BCUT2D eigenvalue weighted by atomic mass is 35.5. The van der Waals surface area contributed by atoms with E-state index < -0.39 is 11.9 Å². The lowest BCUT2D eigenvalue weighted by Gasteiger charge is -2.28. The molecule has 1 aliphatic rings. The zero-order valence-electron chi connectivity index (χ0n) is 20.2. The molecule has 0 bridgehead atoms. The zero-order chi connectivity index (χ0) is 26.4. The van der Waals surface area contributed by atoms with Crippen LogP contribution in [0.15, 0.2) is 93.2 Å². The fraction of sp³-hybridized carbons (Fsp3) is 0.179. The molecule has 9 heteroatoms. The summed E-state index contributed by atoms with van der Waals surface area (Å²) < 4.78 is 11.2. The van der Waals surface area contributed by atoms with Gasteiger partial charge in [0.05, 0.1) is 40.2 Å². The van der Waals surface area contributed by atoms with Gasteiger partial charge in [0.15, 0.2) is 0 Å². The van der Waals surface area contributed by atoms with Crippen LogP contribution in [0.1, 0.15) is 29.7 Å². The molecule has 0 saturated heterocycles. The summed E-state index contributed by atoms with van der Waals surface area (Å²) in [6.45, 7) is 3.71.